The third-order valence-electron chi connectivity index (χ3n) is 13.2. The number of para-hydroxylation sites is 1. The number of cyclic esters (lactones) is 1. The van der Waals surface area contributed by atoms with E-state index < -0.39 is 77.3 Å². The lowest BCUT2D eigenvalue weighted by molar-refractivity contribution is -0.179. The zero-order chi connectivity index (χ0) is 46.1. The molecule has 340 valence electrons. The summed E-state index contributed by atoms with van der Waals surface area (Å²) in [5.41, 5.74) is 0.517. The van der Waals surface area contributed by atoms with Crippen molar-refractivity contribution in [3.05, 3.63) is 150 Å². The van der Waals surface area contributed by atoms with Gasteiger partial charge >= 0.3 is 18.0 Å². The van der Waals surface area contributed by atoms with Crippen LogP contribution in [0, 0.1) is 11.8 Å². The van der Waals surface area contributed by atoms with Gasteiger partial charge < -0.3 is 34.4 Å². The fraction of sp³-hybridized carbons (Fsp3) is 0.340. The van der Waals surface area contributed by atoms with Crippen LogP contribution in [0.1, 0.15) is 54.3 Å². The molecule has 0 saturated carbocycles. The molecular formula is C50H51N7O9. The molecule has 0 radical (unpaired) electrons. The number of nitrogens with zero attached hydrogens (tertiary/aromatic N) is 6. The highest BCUT2D eigenvalue weighted by atomic mass is 16.6. The Labute approximate surface area is 382 Å². The van der Waals surface area contributed by atoms with Crippen LogP contribution < -0.4 is 19.9 Å². The number of anilines is 2. The van der Waals surface area contributed by atoms with Crippen molar-refractivity contribution in [3.63, 3.8) is 0 Å². The van der Waals surface area contributed by atoms with E-state index in [1.54, 1.807) is 79.7 Å². The summed E-state index contributed by atoms with van der Waals surface area (Å²) < 4.78 is 17.6. The fourth-order valence-electron chi connectivity index (χ4n) is 10.4. The fourth-order valence-corrected chi connectivity index (χ4v) is 10.4. The first-order valence-corrected chi connectivity index (χ1v) is 22.1. The molecule has 66 heavy (non-hydrogen) atoms. The molecule has 7 atom stereocenters. The van der Waals surface area contributed by atoms with Crippen LogP contribution in [-0.4, -0.2) is 113 Å². The normalized spacial score (nSPS) is 24.1. The number of imide groups is 1. The minimum Gasteiger partial charge on any atom is -0.491 e. The van der Waals surface area contributed by atoms with Crippen molar-refractivity contribution in [3.8, 4) is 5.75 Å². The summed E-state index contributed by atoms with van der Waals surface area (Å²) in [6.45, 7) is 4.38. The highest BCUT2D eigenvalue weighted by molar-refractivity contribution is 6.25. The van der Waals surface area contributed by atoms with Gasteiger partial charge in [0.15, 0.2) is 0 Å². The predicted octanol–water partition coefficient (Wildman–Crippen LogP) is 4.77. The van der Waals surface area contributed by atoms with E-state index in [0.717, 1.165) is 10.5 Å². The summed E-state index contributed by atoms with van der Waals surface area (Å²) in [4.78, 5) is 91.3. The molecule has 2 N–H and O–H groups in total. The van der Waals surface area contributed by atoms with E-state index in [4.69, 9.17) is 14.2 Å². The van der Waals surface area contributed by atoms with E-state index in [0.29, 0.717) is 41.5 Å². The highest BCUT2D eigenvalue weighted by Gasteiger charge is 2.76. The van der Waals surface area contributed by atoms with Crippen LogP contribution in [0.15, 0.2) is 128 Å². The van der Waals surface area contributed by atoms with Gasteiger partial charge in [-0.05, 0) is 52.4 Å². The maximum atomic E-state index is 16.4. The van der Waals surface area contributed by atoms with Crippen molar-refractivity contribution in [2.45, 2.75) is 49.5 Å². The second-order valence-corrected chi connectivity index (χ2v) is 17.1. The number of amides is 4. The molecule has 3 saturated heterocycles. The van der Waals surface area contributed by atoms with Gasteiger partial charge in [0.2, 0.25) is 17.8 Å². The van der Waals surface area contributed by atoms with Crippen molar-refractivity contribution in [2.24, 2.45) is 11.8 Å². The van der Waals surface area contributed by atoms with E-state index in [1.807, 2.05) is 76.5 Å². The van der Waals surface area contributed by atoms with Crippen LogP contribution in [0.25, 0.3) is 0 Å². The molecule has 3 fully saturated rings. The largest absolute Gasteiger partial charge is 0.491 e. The summed E-state index contributed by atoms with van der Waals surface area (Å²) in [6, 6.07) is 29.2. The number of methoxy groups -OCH3 is 1. The maximum absolute atomic E-state index is 16.4. The number of piperazine rings is 1. The average molecular weight is 894 g/mol. The number of aliphatic hydroxyl groups excluding tert-OH is 1. The van der Waals surface area contributed by atoms with Crippen LogP contribution in [0.5, 0.6) is 5.75 Å². The summed E-state index contributed by atoms with van der Waals surface area (Å²) in [7, 11) is 1.22. The second-order valence-electron chi connectivity index (χ2n) is 17.1. The number of aromatic nitrogens is 2. The molecule has 0 aliphatic carbocycles. The van der Waals surface area contributed by atoms with Gasteiger partial charge in [-0.3, -0.25) is 19.3 Å². The monoisotopic (exact) mass is 893 g/mol. The van der Waals surface area contributed by atoms with Crippen LogP contribution in [-0.2, 0) is 34.1 Å². The lowest BCUT2D eigenvalue weighted by Gasteiger charge is -2.46. The Hall–Kier alpha value is -7.17. The number of urea groups is 1. The molecule has 5 aromatic rings. The Morgan fingerprint density at radius 2 is 1.47 bits per heavy atom. The molecule has 4 aromatic carbocycles. The molecule has 0 unspecified atom stereocenters. The molecule has 16 nitrogen and oxygen atoms in total. The molecule has 0 bridgehead atoms. The number of hydrogen-bond acceptors (Lipinski definition) is 13. The molecule has 1 aromatic heterocycles. The Morgan fingerprint density at radius 3 is 2.14 bits per heavy atom. The molecule has 4 aliphatic rings. The maximum Gasteiger partial charge on any atom is 0.329 e. The number of carbonyl (C=O) groups excluding carboxylic acids is 5. The number of hydrogen-bond donors (Lipinski definition) is 2. The number of esters is 2. The van der Waals surface area contributed by atoms with Gasteiger partial charge in [-0.25, -0.2) is 24.5 Å². The van der Waals surface area contributed by atoms with E-state index in [9.17, 15) is 14.7 Å². The Bertz CT molecular complexity index is 2600. The number of fused-ring (bicyclic) bond motifs is 3. The van der Waals surface area contributed by atoms with E-state index in [-0.39, 0.29) is 32.0 Å². The smallest absolute Gasteiger partial charge is 0.329 e. The minimum absolute atomic E-state index is 0.0192. The van der Waals surface area contributed by atoms with Crippen molar-refractivity contribution in [2.75, 3.05) is 56.3 Å². The van der Waals surface area contributed by atoms with Crippen molar-refractivity contribution in [1.82, 2.24) is 25.1 Å². The Balaban J connectivity index is 1.29. The van der Waals surface area contributed by atoms with Crippen molar-refractivity contribution >= 4 is 41.4 Å². The third kappa shape index (κ3) is 7.49. The molecule has 16 heteroatoms. The number of benzene rings is 4. The lowest BCUT2D eigenvalue weighted by atomic mass is 9.65. The summed E-state index contributed by atoms with van der Waals surface area (Å²) in [5, 5.41) is 12.5. The summed E-state index contributed by atoms with van der Waals surface area (Å²) >= 11 is 0. The summed E-state index contributed by atoms with van der Waals surface area (Å²) in [6.07, 6.45) is 2.40. The van der Waals surface area contributed by atoms with E-state index >= 15 is 14.4 Å². The van der Waals surface area contributed by atoms with Crippen LogP contribution in [0.3, 0.4) is 0 Å². The van der Waals surface area contributed by atoms with Crippen molar-refractivity contribution < 1.29 is 43.3 Å². The number of nitrogens with one attached hydrogen (secondary N) is 1. The molecule has 5 heterocycles. The second kappa shape index (κ2) is 18.4. The van der Waals surface area contributed by atoms with Gasteiger partial charge in [0.05, 0.1) is 37.4 Å². The van der Waals surface area contributed by atoms with Gasteiger partial charge in [0.25, 0.3) is 0 Å². The molecule has 4 amide bonds. The van der Waals surface area contributed by atoms with Crippen LogP contribution in [0.2, 0.25) is 0 Å². The first kappa shape index (κ1) is 44.1. The molecule has 4 aliphatic heterocycles. The number of morpholine rings is 1. The average Bonchev–Trinajstić information content (AvgIpc) is 3.81. The first-order valence-electron chi connectivity index (χ1n) is 22.1. The third-order valence-corrected chi connectivity index (χ3v) is 13.2. The lowest BCUT2D eigenvalue weighted by Crippen LogP contribution is -2.60. The number of carbonyl (C=O) groups is 5. The van der Waals surface area contributed by atoms with Gasteiger partial charge in [-0.2, -0.15) is 0 Å². The van der Waals surface area contributed by atoms with Gasteiger partial charge in [0, 0.05) is 38.6 Å². The van der Waals surface area contributed by atoms with Gasteiger partial charge in [-0.15, -0.1) is 0 Å². The quantitative estimate of drug-likeness (QED) is 0.173. The standard InChI is InChI=1S/C50H51N7O9/c1-31(2)39(45(60)64-3)53-49(63)56-37-21-11-10-20-36(37)50(47(56)62)38(44(59)54-24-26-55(27-25-54)48-51-22-13-23-52-48)41-46(61)66-42(33-16-8-5-9-17-33)40(32-14-6-4-7-15-32)57(41)43(50)34-18-12-19-35(30-34)65-29-28-58/h4-23,30-31,38-43,58H,24-29H2,1-3H3,(H,53,63)/t38-,39-,40-,41-,42+,43+,50-/m0/s1. The highest BCUT2D eigenvalue weighted by Crippen LogP contribution is 2.66. The van der Waals surface area contributed by atoms with Gasteiger partial charge in [-0.1, -0.05) is 105 Å². The molecular weight excluding hydrogens is 843 g/mol. The van der Waals surface area contributed by atoms with Crippen LogP contribution >= 0.6 is 0 Å². The zero-order valence-corrected chi connectivity index (χ0v) is 36.8. The molecule has 9 rings (SSSR count). The SMILES string of the molecule is COC(=O)[C@@H](NC(=O)N1C(=O)[C@@]2(c3ccccc31)[C@H](C(=O)N1CCN(c3ncccn3)CC1)[C@H]1C(=O)O[C@H](c3ccccc3)[C@H](c3ccccc3)N1[C@@H]2c1cccc(OCCO)c1)C(C)C. The Kier molecular flexibility index (Phi) is 12.3. The number of aliphatic hydroxyl groups is 1. The Morgan fingerprint density at radius 1 is 0.818 bits per heavy atom. The van der Waals surface area contributed by atoms with E-state index in [2.05, 4.69) is 15.3 Å². The van der Waals surface area contributed by atoms with E-state index in [1.165, 1.54) is 7.11 Å². The van der Waals surface area contributed by atoms with Crippen LogP contribution in [0.4, 0.5) is 16.4 Å². The number of rotatable bonds is 11. The zero-order valence-electron chi connectivity index (χ0n) is 36.8. The topological polar surface area (TPSA) is 184 Å². The minimum atomic E-state index is -1.98. The van der Waals surface area contributed by atoms with Crippen molar-refractivity contribution in [1.29, 1.82) is 0 Å². The van der Waals surface area contributed by atoms with Gasteiger partial charge in [0.1, 0.15) is 36.0 Å². The first-order chi connectivity index (χ1) is 32.1. The summed E-state index contributed by atoms with van der Waals surface area (Å²) in [5.74, 6) is -3.65. The molecule has 1 spiro atoms. The predicted molar refractivity (Wildman–Crippen MR) is 241 cm³/mol. The number of ether oxygens (including phenoxy) is 3.